The summed E-state index contributed by atoms with van der Waals surface area (Å²) in [6, 6.07) is 0. The Balaban J connectivity index is 2.53. The first-order valence-corrected chi connectivity index (χ1v) is 8.71. The zero-order valence-electron chi connectivity index (χ0n) is 15.1. The number of hydrogen-bond acceptors (Lipinski definition) is 5. The number of rotatable bonds is 13. The fourth-order valence-corrected chi connectivity index (χ4v) is 2.62. The molecule has 0 aliphatic heterocycles. The van der Waals surface area contributed by atoms with E-state index in [4.69, 9.17) is 18.9 Å². The van der Waals surface area contributed by atoms with E-state index in [0.29, 0.717) is 45.6 Å². The van der Waals surface area contributed by atoms with Crippen molar-refractivity contribution < 1.29 is 23.7 Å². The molecule has 6 heteroatoms. The lowest BCUT2D eigenvalue weighted by Gasteiger charge is -2.35. The number of carbonyl (C=O) groups is 1. The van der Waals surface area contributed by atoms with Crippen LogP contribution in [-0.4, -0.2) is 63.8 Å². The lowest BCUT2D eigenvalue weighted by atomic mass is 9.84. The Morgan fingerprint density at radius 1 is 1.00 bits per heavy atom. The van der Waals surface area contributed by atoms with E-state index >= 15 is 0 Å². The highest BCUT2D eigenvalue weighted by Gasteiger charge is 2.34. The van der Waals surface area contributed by atoms with Gasteiger partial charge in [-0.25, -0.2) is 0 Å². The van der Waals surface area contributed by atoms with E-state index in [2.05, 4.69) is 12.2 Å². The van der Waals surface area contributed by atoms with Crippen LogP contribution >= 0.6 is 0 Å². The summed E-state index contributed by atoms with van der Waals surface area (Å²) in [5.74, 6) is 0.555. The van der Waals surface area contributed by atoms with Crippen molar-refractivity contribution in [3.8, 4) is 0 Å². The molecular weight excluding hydrogens is 298 g/mol. The van der Waals surface area contributed by atoms with E-state index in [1.165, 1.54) is 0 Å². The normalized spacial score (nSPS) is 21.0. The van der Waals surface area contributed by atoms with Crippen molar-refractivity contribution in [1.82, 2.24) is 5.32 Å². The highest BCUT2D eigenvalue weighted by molar-refractivity contribution is 5.78. The van der Waals surface area contributed by atoms with Crippen LogP contribution in [0, 0.1) is 5.92 Å². The lowest BCUT2D eigenvalue weighted by Crippen LogP contribution is -2.59. The minimum absolute atomic E-state index is 0.0729. The smallest absolute Gasteiger partial charge is 0.246 e. The molecule has 1 amide bonds. The minimum Gasteiger partial charge on any atom is -0.379 e. The van der Waals surface area contributed by atoms with Gasteiger partial charge in [-0.05, 0) is 39.5 Å². The number of hydrogen-bond donors (Lipinski definition) is 1. The van der Waals surface area contributed by atoms with Gasteiger partial charge in [0, 0.05) is 19.8 Å². The first-order valence-electron chi connectivity index (χ1n) is 8.71. The second kappa shape index (κ2) is 11.0. The number of ether oxygens (including phenoxy) is 4. The van der Waals surface area contributed by atoms with Crippen LogP contribution in [0.5, 0.6) is 0 Å². The highest BCUT2D eigenvalue weighted by atomic mass is 16.5. The van der Waals surface area contributed by atoms with Gasteiger partial charge < -0.3 is 24.3 Å². The third kappa shape index (κ3) is 7.61. The fraction of sp³-hybridized carbons (Fsp3) is 0.941. The maximum atomic E-state index is 12.3. The van der Waals surface area contributed by atoms with Gasteiger partial charge >= 0.3 is 0 Å². The molecule has 0 aromatic rings. The Morgan fingerprint density at radius 3 is 1.87 bits per heavy atom. The molecule has 23 heavy (non-hydrogen) atoms. The summed E-state index contributed by atoms with van der Waals surface area (Å²) in [6.07, 6.45) is 2.29. The molecule has 1 N–H and O–H groups in total. The largest absolute Gasteiger partial charge is 0.379 e. The molecule has 1 aliphatic carbocycles. The van der Waals surface area contributed by atoms with Crippen molar-refractivity contribution in [2.45, 2.75) is 52.2 Å². The molecule has 0 spiro atoms. The van der Waals surface area contributed by atoms with Crippen LogP contribution in [0.25, 0.3) is 0 Å². The minimum atomic E-state index is -0.671. The molecule has 0 atom stereocenters. The van der Waals surface area contributed by atoms with Crippen LogP contribution in [0.3, 0.4) is 0 Å². The molecule has 1 saturated carbocycles. The van der Waals surface area contributed by atoms with Crippen LogP contribution < -0.4 is 5.32 Å². The average Bonchev–Trinajstić information content (AvgIpc) is 2.51. The van der Waals surface area contributed by atoms with Gasteiger partial charge in [-0.1, -0.05) is 6.92 Å². The Morgan fingerprint density at radius 2 is 1.48 bits per heavy atom. The van der Waals surface area contributed by atoms with Gasteiger partial charge in [0.25, 0.3) is 0 Å². The second-order valence-electron chi connectivity index (χ2n) is 6.25. The average molecular weight is 331 g/mol. The third-order valence-corrected chi connectivity index (χ3v) is 3.93. The van der Waals surface area contributed by atoms with E-state index in [0.717, 1.165) is 12.8 Å². The van der Waals surface area contributed by atoms with Crippen molar-refractivity contribution in [3.05, 3.63) is 0 Å². The van der Waals surface area contributed by atoms with Gasteiger partial charge in [0.1, 0.15) is 12.1 Å². The van der Waals surface area contributed by atoms with Gasteiger partial charge in [0.05, 0.1) is 25.9 Å². The Bertz CT molecular complexity index is 309. The summed E-state index contributed by atoms with van der Waals surface area (Å²) in [4.78, 5) is 12.3. The molecule has 1 fully saturated rings. The van der Waals surface area contributed by atoms with Crippen molar-refractivity contribution >= 4 is 5.91 Å². The lowest BCUT2D eigenvalue weighted by molar-refractivity contribution is -0.136. The zero-order chi connectivity index (χ0) is 17.1. The van der Waals surface area contributed by atoms with Gasteiger partial charge in [-0.3, -0.25) is 4.79 Å². The third-order valence-electron chi connectivity index (χ3n) is 3.93. The van der Waals surface area contributed by atoms with E-state index in [1.54, 1.807) is 0 Å². The van der Waals surface area contributed by atoms with Gasteiger partial charge in [-0.2, -0.15) is 0 Å². The Hall–Kier alpha value is -0.690. The standard InChI is InChI=1S/C17H33NO5/c1-5-20-11-17(12-21-6-2,13-22-7-3)18-16(19)10-23-15-8-14(4)9-15/h14-15H,5-13H2,1-4H3,(H,18,19). The maximum absolute atomic E-state index is 12.3. The molecule has 0 saturated heterocycles. The highest BCUT2D eigenvalue weighted by Crippen LogP contribution is 2.28. The van der Waals surface area contributed by atoms with E-state index in [1.807, 2.05) is 20.8 Å². The molecule has 0 bridgehead atoms. The molecule has 0 unspecified atom stereocenters. The number of carbonyl (C=O) groups excluding carboxylic acids is 1. The van der Waals surface area contributed by atoms with Crippen molar-refractivity contribution in [1.29, 1.82) is 0 Å². The summed E-state index contributed by atoms with van der Waals surface area (Å²) < 4.78 is 22.3. The molecule has 1 aliphatic rings. The van der Waals surface area contributed by atoms with Crippen LogP contribution in [0.4, 0.5) is 0 Å². The first kappa shape index (κ1) is 20.4. The fourth-order valence-electron chi connectivity index (χ4n) is 2.62. The summed E-state index contributed by atoms with van der Waals surface area (Å²) >= 11 is 0. The van der Waals surface area contributed by atoms with Crippen LogP contribution in [0.2, 0.25) is 0 Å². The predicted octanol–water partition coefficient (Wildman–Crippen LogP) is 1.77. The second-order valence-corrected chi connectivity index (χ2v) is 6.25. The van der Waals surface area contributed by atoms with Gasteiger partial charge in [-0.15, -0.1) is 0 Å². The summed E-state index contributed by atoms with van der Waals surface area (Å²) in [6.45, 7) is 10.8. The molecule has 1 rings (SSSR count). The maximum Gasteiger partial charge on any atom is 0.246 e. The SMILES string of the molecule is CCOCC(COCC)(COCC)NC(=O)COC1CC(C)C1. The molecule has 0 radical (unpaired) electrons. The molecule has 0 aromatic carbocycles. The van der Waals surface area contributed by atoms with Crippen LogP contribution in [0.15, 0.2) is 0 Å². The van der Waals surface area contributed by atoms with Crippen LogP contribution in [0.1, 0.15) is 40.5 Å². The first-order chi connectivity index (χ1) is 11.0. The quantitative estimate of drug-likeness (QED) is 0.557. The molecule has 0 aromatic heterocycles. The van der Waals surface area contributed by atoms with Gasteiger partial charge in [0.15, 0.2) is 0 Å². The predicted molar refractivity (Wildman–Crippen MR) is 88.5 cm³/mol. The van der Waals surface area contributed by atoms with Gasteiger partial charge in [0.2, 0.25) is 5.91 Å². The molecule has 136 valence electrons. The Labute approximate surface area is 140 Å². The van der Waals surface area contributed by atoms with Crippen molar-refractivity contribution in [2.24, 2.45) is 5.92 Å². The zero-order valence-corrected chi connectivity index (χ0v) is 15.1. The van der Waals surface area contributed by atoms with Crippen LogP contribution in [-0.2, 0) is 23.7 Å². The van der Waals surface area contributed by atoms with Crippen molar-refractivity contribution in [2.75, 3.05) is 46.2 Å². The molecule has 6 nitrogen and oxygen atoms in total. The topological polar surface area (TPSA) is 66.0 Å². The van der Waals surface area contributed by atoms with E-state index < -0.39 is 5.54 Å². The van der Waals surface area contributed by atoms with E-state index in [-0.39, 0.29) is 18.6 Å². The summed E-state index contributed by atoms with van der Waals surface area (Å²) in [7, 11) is 0. The van der Waals surface area contributed by atoms with E-state index in [9.17, 15) is 4.79 Å². The molecule has 0 heterocycles. The molecular formula is C17H33NO5. The number of nitrogens with one attached hydrogen (secondary N) is 1. The monoisotopic (exact) mass is 331 g/mol. The summed E-state index contributed by atoms with van der Waals surface area (Å²) in [5, 5.41) is 3.01. The summed E-state index contributed by atoms with van der Waals surface area (Å²) in [5.41, 5.74) is -0.671. The Kier molecular flexibility index (Phi) is 9.71. The number of amides is 1. The van der Waals surface area contributed by atoms with Crippen molar-refractivity contribution in [3.63, 3.8) is 0 Å².